The fraction of sp³-hybridized carbons (Fsp3) is 0.185. The highest BCUT2D eigenvalue weighted by atomic mass is 16.5. The molecule has 3 aromatic carbocycles. The maximum absolute atomic E-state index is 12.5. The summed E-state index contributed by atoms with van der Waals surface area (Å²) in [6, 6.07) is 19.0. The number of amides is 2. The van der Waals surface area contributed by atoms with Crippen LogP contribution in [-0.4, -0.2) is 35.8 Å². The van der Waals surface area contributed by atoms with E-state index < -0.39 is 12.2 Å². The molecule has 0 aliphatic carbocycles. The van der Waals surface area contributed by atoms with E-state index in [0.29, 0.717) is 28.1 Å². The molecule has 1 aliphatic rings. The van der Waals surface area contributed by atoms with Crippen LogP contribution in [0, 0.1) is 6.92 Å². The molecule has 0 fully saturated rings. The number of nitrogens with one attached hydrogen (secondary N) is 1. The number of esters is 1. The summed E-state index contributed by atoms with van der Waals surface area (Å²) in [5.41, 5.74) is 3.21. The van der Waals surface area contributed by atoms with Gasteiger partial charge in [-0.25, -0.2) is 0 Å². The minimum atomic E-state index is -0.970. The molecule has 0 spiro atoms. The molecule has 3 aromatic rings. The molecule has 0 unspecified atom stereocenters. The maximum Gasteiger partial charge on any atom is 0.308 e. The zero-order valence-electron chi connectivity index (χ0n) is 20.3. The van der Waals surface area contributed by atoms with Gasteiger partial charge in [-0.2, -0.15) is 5.01 Å². The summed E-state index contributed by atoms with van der Waals surface area (Å²) in [6.45, 7) is 4.60. The second-order valence-electron chi connectivity index (χ2n) is 8.13. The topological polar surface area (TPSA) is 107 Å². The first-order valence-corrected chi connectivity index (χ1v) is 11.1. The molecular weight excluding hydrogens is 462 g/mol. The second kappa shape index (κ2) is 10.3. The largest absolute Gasteiger partial charge is 0.497 e. The first-order valence-electron chi connectivity index (χ1n) is 11.1. The number of nitrogens with zero attached hydrogens (tertiary/aromatic N) is 2. The van der Waals surface area contributed by atoms with Crippen molar-refractivity contribution >= 4 is 29.4 Å². The SMILES string of the molecule is COc1ccc(OC(C)=O)c([C@H]2OC(c3ccc(NC(=O)c4ccc(C)cc4)cc3)=NN2C(C)=O)c1. The third-order valence-corrected chi connectivity index (χ3v) is 5.41. The number of carbonyl (C=O) groups is 3. The number of hydrogen-bond donors (Lipinski definition) is 1. The monoisotopic (exact) mass is 487 g/mol. The molecule has 36 heavy (non-hydrogen) atoms. The van der Waals surface area contributed by atoms with Gasteiger partial charge in [0.05, 0.1) is 12.7 Å². The molecule has 1 N–H and O–H groups in total. The summed E-state index contributed by atoms with van der Waals surface area (Å²) < 4.78 is 16.7. The van der Waals surface area contributed by atoms with Crippen molar-refractivity contribution in [1.82, 2.24) is 5.01 Å². The van der Waals surface area contributed by atoms with Crippen LogP contribution in [0.3, 0.4) is 0 Å². The van der Waals surface area contributed by atoms with Gasteiger partial charge in [0.25, 0.3) is 5.91 Å². The standard InChI is InChI=1S/C27H25N3O6/c1-16-5-7-19(8-6-16)25(33)28-21-11-9-20(10-12-21)26-29-30(17(2)31)27(36-26)23-15-22(34-4)13-14-24(23)35-18(3)32/h5-15,27H,1-4H3,(H,28,33)/t27-/m1/s1. The van der Waals surface area contributed by atoms with Crippen molar-refractivity contribution in [3.05, 3.63) is 89.0 Å². The first kappa shape index (κ1) is 24.5. The van der Waals surface area contributed by atoms with Gasteiger partial charge in [0.15, 0.2) is 0 Å². The Balaban J connectivity index is 1.56. The molecule has 0 saturated carbocycles. The van der Waals surface area contributed by atoms with Gasteiger partial charge in [-0.05, 0) is 61.5 Å². The van der Waals surface area contributed by atoms with Gasteiger partial charge in [0.1, 0.15) is 11.5 Å². The summed E-state index contributed by atoms with van der Waals surface area (Å²) in [4.78, 5) is 36.5. The van der Waals surface area contributed by atoms with Crippen LogP contribution < -0.4 is 14.8 Å². The highest BCUT2D eigenvalue weighted by molar-refractivity contribution is 6.04. The molecule has 0 radical (unpaired) electrons. The van der Waals surface area contributed by atoms with E-state index in [4.69, 9.17) is 14.2 Å². The Morgan fingerprint density at radius 1 is 0.972 bits per heavy atom. The lowest BCUT2D eigenvalue weighted by molar-refractivity contribution is -0.135. The quantitative estimate of drug-likeness (QED) is 0.408. The molecular formula is C27H25N3O6. The van der Waals surface area contributed by atoms with Crippen LogP contribution in [-0.2, 0) is 14.3 Å². The van der Waals surface area contributed by atoms with Crippen molar-refractivity contribution in [3.63, 3.8) is 0 Å². The first-order chi connectivity index (χ1) is 17.2. The van der Waals surface area contributed by atoms with Crippen LogP contribution in [0.15, 0.2) is 71.8 Å². The molecule has 9 nitrogen and oxygen atoms in total. The van der Waals surface area contributed by atoms with Crippen molar-refractivity contribution in [1.29, 1.82) is 0 Å². The minimum Gasteiger partial charge on any atom is -0.497 e. The Bertz CT molecular complexity index is 1330. The van der Waals surface area contributed by atoms with Crippen LogP contribution in [0.4, 0.5) is 5.69 Å². The Hall–Kier alpha value is -4.66. The molecule has 0 bridgehead atoms. The zero-order valence-corrected chi connectivity index (χ0v) is 20.3. The molecule has 0 saturated heterocycles. The summed E-state index contributed by atoms with van der Waals surface area (Å²) in [5, 5.41) is 8.37. The normalized spacial score (nSPS) is 14.5. The number of rotatable bonds is 6. The zero-order chi connectivity index (χ0) is 25.8. The lowest BCUT2D eigenvalue weighted by Crippen LogP contribution is -2.26. The Labute approximate surface area is 208 Å². The van der Waals surface area contributed by atoms with Crippen LogP contribution in [0.25, 0.3) is 0 Å². The Morgan fingerprint density at radius 2 is 1.67 bits per heavy atom. The van der Waals surface area contributed by atoms with E-state index in [0.717, 1.165) is 5.56 Å². The lowest BCUT2D eigenvalue weighted by atomic mass is 10.1. The highest BCUT2D eigenvalue weighted by Gasteiger charge is 2.35. The smallest absolute Gasteiger partial charge is 0.308 e. The maximum atomic E-state index is 12.5. The number of hydrazone groups is 1. The van der Waals surface area contributed by atoms with Gasteiger partial charge in [0.2, 0.25) is 18.0 Å². The average Bonchev–Trinajstić information content (AvgIpc) is 3.30. The predicted molar refractivity (Wildman–Crippen MR) is 133 cm³/mol. The van der Waals surface area contributed by atoms with Gasteiger partial charge in [-0.3, -0.25) is 14.4 Å². The van der Waals surface area contributed by atoms with E-state index in [1.807, 2.05) is 19.1 Å². The third kappa shape index (κ3) is 5.35. The lowest BCUT2D eigenvalue weighted by Gasteiger charge is -2.21. The molecule has 2 amide bonds. The van der Waals surface area contributed by atoms with E-state index in [2.05, 4.69) is 10.4 Å². The number of methoxy groups -OCH3 is 1. The Morgan fingerprint density at radius 3 is 2.28 bits per heavy atom. The predicted octanol–water partition coefficient (Wildman–Crippen LogP) is 4.42. The van der Waals surface area contributed by atoms with E-state index in [9.17, 15) is 14.4 Å². The van der Waals surface area contributed by atoms with Crippen molar-refractivity contribution < 1.29 is 28.6 Å². The van der Waals surface area contributed by atoms with Crippen molar-refractivity contribution in [3.8, 4) is 11.5 Å². The number of hydrogen-bond acceptors (Lipinski definition) is 7. The number of ether oxygens (including phenoxy) is 3. The molecule has 0 aromatic heterocycles. The Kier molecular flexibility index (Phi) is 7.00. The van der Waals surface area contributed by atoms with Gasteiger partial charge in [0, 0.05) is 30.7 Å². The third-order valence-electron chi connectivity index (χ3n) is 5.41. The van der Waals surface area contributed by atoms with Crippen molar-refractivity contribution in [2.75, 3.05) is 12.4 Å². The molecule has 1 heterocycles. The van der Waals surface area contributed by atoms with Crippen LogP contribution >= 0.6 is 0 Å². The molecule has 1 atom stereocenters. The van der Waals surface area contributed by atoms with Crippen LogP contribution in [0.1, 0.15) is 47.1 Å². The van der Waals surface area contributed by atoms with Gasteiger partial charge < -0.3 is 19.5 Å². The molecule has 1 aliphatic heterocycles. The molecule has 184 valence electrons. The van der Waals surface area contributed by atoms with E-state index >= 15 is 0 Å². The van der Waals surface area contributed by atoms with Crippen molar-refractivity contribution in [2.24, 2.45) is 5.10 Å². The van der Waals surface area contributed by atoms with E-state index in [1.165, 1.54) is 26.0 Å². The number of benzene rings is 3. The fourth-order valence-electron chi connectivity index (χ4n) is 3.58. The van der Waals surface area contributed by atoms with Crippen molar-refractivity contribution in [2.45, 2.75) is 27.0 Å². The fourth-order valence-corrected chi connectivity index (χ4v) is 3.58. The minimum absolute atomic E-state index is 0.197. The summed E-state index contributed by atoms with van der Waals surface area (Å²) in [6.07, 6.45) is -0.970. The van der Waals surface area contributed by atoms with E-state index in [1.54, 1.807) is 54.6 Å². The van der Waals surface area contributed by atoms with Gasteiger partial charge in [-0.1, -0.05) is 17.7 Å². The number of carbonyl (C=O) groups excluding carboxylic acids is 3. The average molecular weight is 488 g/mol. The summed E-state index contributed by atoms with van der Waals surface area (Å²) in [7, 11) is 1.50. The van der Waals surface area contributed by atoms with Crippen LogP contribution in [0.2, 0.25) is 0 Å². The van der Waals surface area contributed by atoms with E-state index in [-0.39, 0.29) is 23.5 Å². The molecule has 9 heteroatoms. The summed E-state index contributed by atoms with van der Waals surface area (Å²) >= 11 is 0. The second-order valence-corrected chi connectivity index (χ2v) is 8.13. The van der Waals surface area contributed by atoms with Gasteiger partial charge >= 0.3 is 5.97 Å². The van der Waals surface area contributed by atoms with Crippen LogP contribution in [0.5, 0.6) is 11.5 Å². The number of aryl methyl sites for hydroxylation is 1. The van der Waals surface area contributed by atoms with Gasteiger partial charge in [-0.15, -0.1) is 5.10 Å². The summed E-state index contributed by atoms with van der Waals surface area (Å²) in [5.74, 6) is -0.189. The molecule has 4 rings (SSSR count). The highest BCUT2D eigenvalue weighted by Crippen LogP contribution is 2.38. The number of anilines is 1.